The first-order valence-electron chi connectivity index (χ1n) is 8.55. The average molecular weight is 407 g/mol. The normalized spacial score (nSPS) is 16.0. The van der Waals surface area contributed by atoms with Gasteiger partial charge in [0.2, 0.25) is 21.7 Å². The summed E-state index contributed by atoms with van der Waals surface area (Å²) < 4.78 is 26.9. The van der Waals surface area contributed by atoms with Crippen LogP contribution >= 0.6 is 0 Å². The number of hydrogen-bond donors (Lipinski definition) is 2. The zero-order valence-electron chi connectivity index (χ0n) is 15.3. The molecule has 2 heterocycles. The second kappa shape index (κ2) is 8.04. The summed E-state index contributed by atoms with van der Waals surface area (Å²) in [5, 5.41) is 14.0. The van der Waals surface area contributed by atoms with Crippen molar-refractivity contribution >= 4 is 27.3 Å². The number of sulfonamides is 1. The van der Waals surface area contributed by atoms with Gasteiger partial charge in [0.25, 0.3) is 0 Å². The van der Waals surface area contributed by atoms with Crippen LogP contribution in [0.4, 0.5) is 17.3 Å². The van der Waals surface area contributed by atoms with Crippen molar-refractivity contribution in [3.05, 3.63) is 46.3 Å². The summed E-state index contributed by atoms with van der Waals surface area (Å²) >= 11 is 0. The highest BCUT2D eigenvalue weighted by molar-refractivity contribution is 7.89. The van der Waals surface area contributed by atoms with E-state index in [1.807, 2.05) is 7.05 Å². The molecule has 11 nitrogen and oxygen atoms in total. The molecule has 0 radical (unpaired) electrons. The van der Waals surface area contributed by atoms with Crippen molar-refractivity contribution < 1.29 is 13.3 Å². The first-order chi connectivity index (χ1) is 13.3. The fourth-order valence-electron chi connectivity index (χ4n) is 2.84. The number of benzene rings is 1. The number of nitrogens with two attached hydrogens (primary N) is 1. The van der Waals surface area contributed by atoms with Crippen LogP contribution in [-0.2, 0) is 16.6 Å². The minimum atomic E-state index is -3.53. The standard InChI is InChI=1S/C16H21N7O4S/c1-21-6-8-22(9-7-21)28(26,27)13-4-2-12(3-5-13)10-18-16-14(23(24)25)15(17)19-11-20-16/h2-5,11H,6-10H2,1H3,(H3,17,18,19,20). The van der Waals surface area contributed by atoms with E-state index in [0.717, 1.165) is 11.9 Å². The Bertz CT molecular complexity index is 957. The topological polar surface area (TPSA) is 148 Å². The van der Waals surface area contributed by atoms with Gasteiger partial charge in [-0.25, -0.2) is 18.4 Å². The van der Waals surface area contributed by atoms with Gasteiger partial charge in [-0.2, -0.15) is 4.31 Å². The lowest BCUT2D eigenvalue weighted by molar-refractivity contribution is -0.383. The van der Waals surface area contributed by atoms with Gasteiger partial charge in [-0.3, -0.25) is 10.1 Å². The number of likely N-dealkylation sites (N-methyl/N-ethyl adjacent to an activating group) is 1. The maximum Gasteiger partial charge on any atom is 0.352 e. The fraction of sp³-hybridized carbons (Fsp3) is 0.375. The number of nitro groups is 1. The molecule has 1 aromatic carbocycles. The Morgan fingerprint density at radius 2 is 1.82 bits per heavy atom. The van der Waals surface area contributed by atoms with Gasteiger partial charge in [-0.1, -0.05) is 12.1 Å². The van der Waals surface area contributed by atoms with Crippen LogP contribution < -0.4 is 11.1 Å². The van der Waals surface area contributed by atoms with Gasteiger partial charge in [0.15, 0.2) is 0 Å². The van der Waals surface area contributed by atoms with E-state index in [4.69, 9.17) is 5.73 Å². The Kier molecular flexibility index (Phi) is 5.72. The molecule has 0 bridgehead atoms. The smallest absolute Gasteiger partial charge is 0.352 e. The maximum atomic E-state index is 12.7. The van der Waals surface area contributed by atoms with Crippen molar-refractivity contribution in [3.8, 4) is 0 Å². The first kappa shape index (κ1) is 19.9. The molecule has 1 fully saturated rings. The summed E-state index contributed by atoms with van der Waals surface area (Å²) in [5.74, 6) is -0.220. The molecule has 1 aromatic heterocycles. The summed E-state index contributed by atoms with van der Waals surface area (Å²) in [6.45, 7) is 2.53. The van der Waals surface area contributed by atoms with Crippen molar-refractivity contribution in [1.29, 1.82) is 0 Å². The molecule has 0 saturated carbocycles. The van der Waals surface area contributed by atoms with Gasteiger partial charge >= 0.3 is 5.69 Å². The lowest BCUT2D eigenvalue weighted by atomic mass is 10.2. The SMILES string of the molecule is CN1CCN(S(=O)(=O)c2ccc(CNc3ncnc(N)c3[N+](=O)[O-])cc2)CC1. The zero-order valence-corrected chi connectivity index (χ0v) is 16.1. The van der Waals surface area contributed by atoms with Crippen molar-refractivity contribution in [2.24, 2.45) is 0 Å². The van der Waals surface area contributed by atoms with Crippen LogP contribution in [0.1, 0.15) is 5.56 Å². The van der Waals surface area contributed by atoms with E-state index < -0.39 is 20.6 Å². The molecule has 2 aromatic rings. The molecule has 0 spiro atoms. The summed E-state index contributed by atoms with van der Waals surface area (Å²) in [7, 11) is -1.57. The Balaban J connectivity index is 1.70. The number of hydrogen-bond acceptors (Lipinski definition) is 9. The molecule has 12 heteroatoms. The highest BCUT2D eigenvalue weighted by atomic mass is 32.2. The van der Waals surface area contributed by atoms with Gasteiger partial charge in [0.05, 0.1) is 9.82 Å². The molecule has 1 aliphatic heterocycles. The molecular weight excluding hydrogens is 386 g/mol. The summed E-state index contributed by atoms with van der Waals surface area (Å²) in [6, 6.07) is 6.39. The molecule has 0 amide bonds. The van der Waals surface area contributed by atoms with Crippen LogP contribution in [0, 0.1) is 10.1 Å². The molecule has 0 atom stereocenters. The predicted octanol–water partition coefficient (Wildman–Crippen LogP) is 0.515. The predicted molar refractivity (Wildman–Crippen MR) is 103 cm³/mol. The fourth-order valence-corrected chi connectivity index (χ4v) is 4.27. The highest BCUT2D eigenvalue weighted by Crippen LogP contribution is 2.26. The molecule has 3 N–H and O–H groups in total. The summed E-state index contributed by atoms with van der Waals surface area (Å²) in [4.78, 5) is 20.2. The van der Waals surface area contributed by atoms with Crippen LogP contribution in [0.2, 0.25) is 0 Å². The van der Waals surface area contributed by atoms with E-state index in [2.05, 4.69) is 20.2 Å². The van der Waals surface area contributed by atoms with E-state index in [0.29, 0.717) is 26.2 Å². The Labute approximate surface area is 162 Å². The van der Waals surface area contributed by atoms with Gasteiger partial charge in [-0.05, 0) is 24.7 Å². The van der Waals surface area contributed by atoms with E-state index in [1.165, 1.54) is 16.4 Å². The van der Waals surface area contributed by atoms with Crippen molar-refractivity contribution in [1.82, 2.24) is 19.2 Å². The van der Waals surface area contributed by atoms with Crippen LogP contribution in [-0.4, -0.2) is 65.7 Å². The molecule has 28 heavy (non-hydrogen) atoms. The van der Waals surface area contributed by atoms with Crippen molar-refractivity contribution in [2.75, 3.05) is 44.3 Å². The molecule has 3 rings (SSSR count). The Morgan fingerprint density at radius 1 is 1.18 bits per heavy atom. The summed E-state index contributed by atoms with van der Waals surface area (Å²) in [5.41, 5.74) is 5.88. The third kappa shape index (κ3) is 4.18. The molecule has 150 valence electrons. The lowest BCUT2D eigenvalue weighted by Crippen LogP contribution is -2.46. The Hall–Kier alpha value is -2.83. The van der Waals surface area contributed by atoms with Crippen molar-refractivity contribution in [2.45, 2.75) is 11.4 Å². The van der Waals surface area contributed by atoms with Crippen LogP contribution in [0.5, 0.6) is 0 Å². The lowest BCUT2D eigenvalue weighted by Gasteiger charge is -2.31. The number of nitrogens with zero attached hydrogens (tertiary/aromatic N) is 5. The second-order valence-corrected chi connectivity index (χ2v) is 8.36. The quantitative estimate of drug-likeness (QED) is 0.516. The summed E-state index contributed by atoms with van der Waals surface area (Å²) in [6.07, 6.45) is 1.14. The minimum absolute atomic E-state index is 0.00614. The molecule has 1 aliphatic rings. The number of nitrogen functional groups attached to an aromatic ring is 1. The number of rotatable bonds is 6. The highest BCUT2D eigenvalue weighted by Gasteiger charge is 2.27. The van der Waals surface area contributed by atoms with Crippen molar-refractivity contribution in [3.63, 3.8) is 0 Å². The average Bonchev–Trinajstić information content (AvgIpc) is 2.66. The zero-order chi connectivity index (χ0) is 20.3. The van der Waals surface area contributed by atoms with E-state index in [9.17, 15) is 18.5 Å². The minimum Gasteiger partial charge on any atom is -0.378 e. The van der Waals surface area contributed by atoms with E-state index >= 15 is 0 Å². The van der Waals surface area contributed by atoms with Crippen LogP contribution in [0.15, 0.2) is 35.5 Å². The third-order valence-electron chi connectivity index (χ3n) is 4.52. The van der Waals surface area contributed by atoms with Gasteiger partial charge < -0.3 is 16.0 Å². The molecule has 0 unspecified atom stereocenters. The Morgan fingerprint density at radius 3 is 2.43 bits per heavy atom. The number of nitrogens with one attached hydrogen (secondary N) is 1. The third-order valence-corrected chi connectivity index (χ3v) is 6.43. The first-order valence-corrected chi connectivity index (χ1v) is 9.99. The number of anilines is 2. The second-order valence-electron chi connectivity index (χ2n) is 6.42. The van der Waals surface area contributed by atoms with E-state index in [-0.39, 0.29) is 23.1 Å². The largest absolute Gasteiger partial charge is 0.378 e. The maximum absolute atomic E-state index is 12.7. The van der Waals surface area contributed by atoms with Crippen LogP contribution in [0.25, 0.3) is 0 Å². The monoisotopic (exact) mass is 407 g/mol. The molecule has 0 aliphatic carbocycles. The van der Waals surface area contributed by atoms with Gasteiger partial charge in [-0.15, -0.1) is 0 Å². The van der Waals surface area contributed by atoms with Gasteiger partial charge in [0.1, 0.15) is 6.33 Å². The number of piperazine rings is 1. The van der Waals surface area contributed by atoms with Crippen LogP contribution in [0.3, 0.4) is 0 Å². The van der Waals surface area contributed by atoms with Gasteiger partial charge in [0, 0.05) is 32.7 Å². The molecular formula is C16H21N7O4S. The van der Waals surface area contributed by atoms with E-state index in [1.54, 1.807) is 12.1 Å². The molecule has 1 saturated heterocycles. The number of aromatic nitrogens is 2.